The summed E-state index contributed by atoms with van der Waals surface area (Å²) in [7, 11) is 1.98. The van der Waals surface area contributed by atoms with Gasteiger partial charge in [-0.1, -0.05) is 12.8 Å². The molecule has 0 aliphatic heterocycles. The first-order chi connectivity index (χ1) is 7.26. The van der Waals surface area contributed by atoms with Gasteiger partial charge in [0, 0.05) is 25.5 Å². The molecular formula is C12H20N2O. The van der Waals surface area contributed by atoms with E-state index < -0.39 is 0 Å². The molecule has 15 heavy (non-hydrogen) atoms. The number of aromatic nitrogens is 2. The minimum atomic E-state index is 0.213. The Kier molecular flexibility index (Phi) is 3.10. The van der Waals surface area contributed by atoms with Crippen LogP contribution in [0, 0.1) is 5.41 Å². The summed E-state index contributed by atoms with van der Waals surface area (Å²) < 4.78 is 1.93. The molecule has 0 saturated heterocycles. The van der Waals surface area contributed by atoms with Gasteiger partial charge in [0.2, 0.25) is 0 Å². The molecule has 0 aromatic carbocycles. The average Bonchev–Trinajstić information content (AvgIpc) is 2.85. The zero-order valence-corrected chi connectivity index (χ0v) is 9.45. The van der Waals surface area contributed by atoms with Crippen molar-refractivity contribution in [3.63, 3.8) is 0 Å². The second-order valence-corrected chi connectivity index (χ2v) is 4.81. The van der Waals surface area contributed by atoms with E-state index in [9.17, 15) is 5.11 Å². The third-order valence-corrected chi connectivity index (χ3v) is 3.83. The summed E-state index contributed by atoms with van der Waals surface area (Å²) in [4.78, 5) is 0. The second-order valence-electron chi connectivity index (χ2n) is 4.81. The maximum atomic E-state index is 9.49. The summed E-state index contributed by atoms with van der Waals surface area (Å²) in [6, 6.07) is 2.07. The van der Waals surface area contributed by atoms with Crippen LogP contribution in [0.1, 0.15) is 37.8 Å². The lowest BCUT2D eigenvalue weighted by Gasteiger charge is -2.26. The van der Waals surface area contributed by atoms with Gasteiger partial charge >= 0.3 is 0 Å². The molecule has 1 heterocycles. The van der Waals surface area contributed by atoms with E-state index in [1.807, 2.05) is 17.9 Å². The summed E-state index contributed by atoms with van der Waals surface area (Å²) in [5.74, 6) is 0. The van der Waals surface area contributed by atoms with Crippen molar-refractivity contribution >= 4 is 0 Å². The van der Waals surface area contributed by atoms with Crippen LogP contribution in [0.25, 0.3) is 0 Å². The van der Waals surface area contributed by atoms with Crippen LogP contribution in [0.4, 0.5) is 0 Å². The van der Waals surface area contributed by atoms with Gasteiger partial charge in [0.1, 0.15) is 0 Å². The first kappa shape index (κ1) is 10.7. The van der Waals surface area contributed by atoms with Gasteiger partial charge < -0.3 is 5.11 Å². The van der Waals surface area contributed by atoms with Gasteiger partial charge in [0.15, 0.2) is 0 Å². The van der Waals surface area contributed by atoms with Crippen molar-refractivity contribution in [3.8, 4) is 0 Å². The Morgan fingerprint density at radius 3 is 2.73 bits per heavy atom. The molecule has 0 radical (unpaired) electrons. The Morgan fingerprint density at radius 1 is 1.47 bits per heavy atom. The fourth-order valence-corrected chi connectivity index (χ4v) is 2.65. The van der Waals surface area contributed by atoms with Crippen molar-refractivity contribution in [1.82, 2.24) is 9.78 Å². The monoisotopic (exact) mass is 208 g/mol. The molecule has 84 valence electrons. The maximum Gasteiger partial charge on any atom is 0.0492 e. The number of hydrogen-bond donors (Lipinski definition) is 1. The molecule has 0 unspecified atom stereocenters. The maximum absolute atomic E-state index is 9.49. The summed E-state index contributed by atoms with van der Waals surface area (Å²) in [6.45, 7) is 0.352. The molecule has 1 fully saturated rings. The Bertz CT molecular complexity index is 313. The fraction of sp³-hybridized carbons (Fsp3) is 0.750. The quantitative estimate of drug-likeness (QED) is 0.820. The van der Waals surface area contributed by atoms with Crippen molar-refractivity contribution in [3.05, 3.63) is 18.0 Å². The van der Waals surface area contributed by atoms with E-state index in [1.54, 1.807) is 0 Å². The normalized spacial score (nSPS) is 19.6. The van der Waals surface area contributed by atoms with Gasteiger partial charge in [-0.25, -0.2) is 0 Å². The Balaban J connectivity index is 1.94. The first-order valence-electron chi connectivity index (χ1n) is 5.84. The molecule has 0 spiro atoms. The highest BCUT2D eigenvalue weighted by Gasteiger charge is 2.32. The highest BCUT2D eigenvalue weighted by Crippen LogP contribution is 2.41. The molecule has 1 aliphatic carbocycles. The van der Waals surface area contributed by atoms with E-state index in [-0.39, 0.29) is 5.41 Å². The van der Waals surface area contributed by atoms with Crippen molar-refractivity contribution in [2.45, 2.75) is 38.5 Å². The molecule has 0 bridgehead atoms. The SMILES string of the molecule is Cn1nccc1CCC1(CO)CCCC1. The van der Waals surface area contributed by atoms with Gasteiger partial charge in [-0.2, -0.15) is 5.10 Å². The predicted octanol–water partition coefficient (Wildman–Crippen LogP) is 1.91. The largest absolute Gasteiger partial charge is 0.396 e. The minimum Gasteiger partial charge on any atom is -0.396 e. The van der Waals surface area contributed by atoms with Gasteiger partial charge in [-0.3, -0.25) is 4.68 Å². The Morgan fingerprint density at radius 2 is 2.20 bits per heavy atom. The lowest BCUT2D eigenvalue weighted by Crippen LogP contribution is -2.22. The number of aliphatic hydroxyl groups is 1. The molecular weight excluding hydrogens is 188 g/mol. The highest BCUT2D eigenvalue weighted by molar-refractivity contribution is 5.01. The molecule has 3 nitrogen and oxygen atoms in total. The summed E-state index contributed by atoms with van der Waals surface area (Å²) >= 11 is 0. The number of aryl methyl sites for hydroxylation is 2. The third kappa shape index (κ3) is 2.23. The lowest BCUT2D eigenvalue weighted by molar-refractivity contribution is 0.120. The fourth-order valence-electron chi connectivity index (χ4n) is 2.65. The highest BCUT2D eigenvalue weighted by atomic mass is 16.3. The summed E-state index contributed by atoms with van der Waals surface area (Å²) in [5.41, 5.74) is 1.49. The molecule has 3 heteroatoms. The van der Waals surface area contributed by atoms with Gasteiger partial charge in [-0.15, -0.1) is 0 Å². The smallest absolute Gasteiger partial charge is 0.0492 e. The zero-order chi connectivity index (χ0) is 10.7. The van der Waals surface area contributed by atoms with Crippen LogP contribution in [0.3, 0.4) is 0 Å². The molecule has 0 atom stereocenters. The molecule has 1 aromatic rings. The average molecular weight is 208 g/mol. The molecule has 1 aromatic heterocycles. The van der Waals surface area contributed by atoms with E-state index in [1.165, 1.54) is 31.4 Å². The van der Waals surface area contributed by atoms with Crippen LogP contribution in [0.2, 0.25) is 0 Å². The minimum absolute atomic E-state index is 0.213. The van der Waals surface area contributed by atoms with Crippen molar-refractivity contribution in [2.24, 2.45) is 12.5 Å². The van der Waals surface area contributed by atoms with Gasteiger partial charge in [-0.05, 0) is 37.2 Å². The van der Waals surface area contributed by atoms with E-state index >= 15 is 0 Å². The molecule has 1 aliphatic rings. The Labute approximate surface area is 91.1 Å². The van der Waals surface area contributed by atoms with Crippen LogP contribution in [-0.4, -0.2) is 21.5 Å². The molecule has 0 amide bonds. The second kappa shape index (κ2) is 4.35. The summed E-state index contributed by atoms with van der Waals surface area (Å²) in [6.07, 6.45) is 8.94. The van der Waals surface area contributed by atoms with Crippen LogP contribution < -0.4 is 0 Å². The van der Waals surface area contributed by atoms with Gasteiger partial charge in [0.25, 0.3) is 0 Å². The molecule has 1 saturated carbocycles. The van der Waals surface area contributed by atoms with Crippen LogP contribution >= 0.6 is 0 Å². The van der Waals surface area contributed by atoms with E-state index in [2.05, 4.69) is 11.2 Å². The van der Waals surface area contributed by atoms with Crippen LogP contribution in [0.5, 0.6) is 0 Å². The predicted molar refractivity (Wildman–Crippen MR) is 59.5 cm³/mol. The molecule has 1 N–H and O–H groups in total. The number of hydrogen-bond acceptors (Lipinski definition) is 2. The standard InChI is InChI=1S/C12H20N2O/c1-14-11(5-9-13-14)4-8-12(10-15)6-2-3-7-12/h5,9,15H,2-4,6-8,10H2,1H3. The van der Waals surface area contributed by atoms with Crippen LogP contribution in [-0.2, 0) is 13.5 Å². The lowest BCUT2D eigenvalue weighted by atomic mass is 9.82. The number of aliphatic hydroxyl groups excluding tert-OH is 1. The first-order valence-corrected chi connectivity index (χ1v) is 5.84. The van der Waals surface area contributed by atoms with Crippen LogP contribution in [0.15, 0.2) is 12.3 Å². The Hall–Kier alpha value is -0.830. The molecule has 2 rings (SSSR count). The van der Waals surface area contributed by atoms with Gasteiger partial charge in [0.05, 0.1) is 0 Å². The van der Waals surface area contributed by atoms with E-state index in [4.69, 9.17) is 0 Å². The number of rotatable bonds is 4. The summed E-state index contributed by atoms with van der Waals surface area (Å²) in [5, 5.41) is 13.7. The third-order valence-electron chi connectivity index (χ3n) is 3.83. The van der Waals surface area contributed by atoms with E-state index in [0.717, 1.165) is 12.8 Å². The number of nitrogens with zero attached hydrogens (tertiary/aromatic N) is 2. The van der Waals surface area contributed by atoms with E-state index in [0.29, 0.717) is 6.61 Å². The topological polar surface area (TPSA) is 38.0 Å². The van der Waals surface area contributed by atoms with Crippen molar-refractivity contribution in [2.75, 3.05) is 6.61 Å². The zero-order valence-electron chi connectivity index (χ0n) is 9.45. The van der Waals surface area contributed by atoms with Crippen molar-refractivity contribution in [1.29, 1.82) is 0 Å². The van der Waals surface area contributed by atoms with Crippen molar-refractivity contribution < 1.29 is 5.11 Å².